The molecule has 5 heteroatoms. The van der Waals surface area contributed by atoms with E-state index in [0.29, 0.717) is 23.5 Å². The van der Waals surface area contributed by atoms with Crippen molar-refractivity contribution in [2.45, 2.75) is 5.66 Å². The van der Waals surface area contributed by atoms with Gasteiger partial charge >= 0.3 is 0 Å². The number of amides is 2. The molecule has 35 heavy (non-hydrogen) atoms. The summed E-state index contributed by atoms with van der Waals surface area (Å²) in [5.41, 5.74) is 3.06. The highest BCUT2D eigenvalue weighted by atomic mass is 16.2. The van der Waals surface area contributed by atoms with Gasteiger partial charge in [0.05, 0.1) is 11.3 Å². The van der Waals surface area contributed by atoms with Gasteiger partial charge in [-0.2, -0.15) is 0 Å². The molecule has 2 amide bonds. The Balaban J connectivity index is 1.50. The van der Waals surface area contributed by atoms with Crippen LogP contribution in [0.25, 0.3) is 6.08 Å². The summed E-state index contributed by atoms with van der Waals surface area (Å²) in [6.07, 6.45) is 3.99. The van der Waals surface area contributed by atoms with Crippen molar-refractivity contribution >= 4 is 35.0 Å². The molecule has 4 aromatic rings. The molecule has 5 nitrogen and oxygen atoms in total. The topological polar surface area (TPSA) is 52.7 Å². The second-order valence-corrected chi connectivity index (χ2v) is 8.60. The van der Waals surface area contributed by atoms with Gasteiger partial charge in [-0.25, -0.2) is 0 Å². The van der Waals surface area contributed by atoms with E-state index in [2.05, 4.69) is 5.32 Å². The number of benzene rings is 4. The Kier molecular flexibility index (Phi) is 4.96. The number of carbonyl (C=O) groups is 2. The van der Waals surface area contributed by atoms with E-state index in [-0.39, 0.29) is 11.8 Å². The fourth-order valence-electron chi connectivity index (χ4n) is 5.00. The quantitative estimate of drug-likeness (QED) is 0.430. The van der Waals surface area contributed by atoms with E-state index in [9.17, 15) is 9.59 Å². The van der Waals surface area contributed by atoms with Gasteiger partial charge in [-0.1, -0.05) is 91.0 Å². The van der Waals surface area contributed by atoms with E-state index in [1.165, 1.54) is 0 Å². The summed E-state index contributed by atoms with van der Waals surface area (Å²) < 4.78 is 0. The van der Waals surface area contributed by atoms with E-state index >= 15 is 0 Å². The molecular formula is C30H23N3O2. The maximum absolute atomic E-state index is 14.4. The summed E-state index contributed by atoms with van der Waals surface area (Å²) in [5, 5.41) is 3.49. The van der Waals surface area contributed by atoms with Crippen molar-refractivity contribution in [3.05, 3.63) is 132 Å². The maximum Gasteiger partial charge on any atom is 0.279 e. The largest absolute Gasteiger partial charge is 0.350 e. The molecule has 0 aliphatic carbocycles. The third kappa shape index (κ3) is 3.24. The first kappa shape index (κ1) is 20.9. The number of hydrogen-bond donors (Lipinski definition) is 1. The van der Waals surface area contributed by atoms with Gasteiger partial charge in [-0.15, -0.1) is 0 Å². The average molecular weight is 458 g/mol. The molecule has 0 unspecified atom stereocenters. The maximum atomic E-state index is 14.4. The Hall–Kier alpha value is -4.64. The number of para-hydroxylation sites is 3. The Morgan fingerprint density at radius 2 is 1.40 bits per heavy atom. The summed E-state index contributed by atoms with van der Waals surface area (Å²) in [6, 6.07) is 34.4. The first-order chi connectivity index (χ1) is 17.2. The lowest BCUT2D eigenvalue weighted by Crippen LogP contribution is -2.63. The summed E-state index contributed by atoms with van der Waals surface area (Å²) >= 11 is 0. The van der Waals surface area contributed by atoms with Gasteiger partial charge in [0.25, 0.3) is 11.8 Å². The van der Waals surface area contributed by atoms with E-state index in [1.807, 2.05) is 115 Å². The number of nitrogens with one attached hydrogen (secondary N) is 1. The molecule has 2 aliphatic rings. The molecule has 6 rings (SSSR count). The second kappa shape index (κ2) is 8.29. The number of carbonyl (C=O) groups excluding carboxylic acids is 2. The zero-order valence-corrected chi connectivity index (χ0v) is 19.0. The minimum Gasteiger partial charge on any atom is -0.350 e. The number of fused-ring (bicyclic) bond motifs is 3. The standard InChI is InChI=1S/C30H23N3O2/c34-28-24-17-7-9-19-26(24)31-30(33(28)23-15-5-2-6-16-23)25-18-8-10-20-27(25)32(29(30)35)21-11-14-22-12-3-1-4-13-22/h1-20,31H,21H2/b14-11+/t30-/m1/s1. The average Bonchev–Trinajstić information content (AvgIpc) is 3.13. The summed E-state index contributed by atoms with van der Waals surface area (Å²) in [7, 11) is 0. The molecule has 0 aromatic heterocycles. The molecule has 4 aromatic carbocycles. The molecule has 1 spiro atoms. The molecule has 2 heterocycles. The van der Waals surface area contributed by atoms with Gasteiger partial charge in [-0.3, -0.25) is 14.5 Å². The van der Waals surface area contributed by atoms with Crippen LogP contribution in [0.2, 0.25) is 0 Å². The zero-order chi connectivity index (χ0) is 23.8. The molecular weight excluding hydrogens is 434 g/mol. The van der Waals surface area contributed by atoms with Crippen LogP contribution in [0.1, 0.15) is 21.5 Å². The van der Waals surface area contributed by atoms with Crippen LogP contribution in [0.15, 0.2) is 115 Å². The molecule has 170 valence electrons. The lowest BCUT2D eigenvalue weighted by molar-refractivity contribution is -0.122. The lowest BCUT2D eigenvalue weighted by atomic mass is 9.92. The highest BCUT2D eigenvalue weighted by Crippen LogP contribution is 2.49. The van der Waals surface area contributed by atoms with Crippen molar-refractivity contribution in [2.24, 2.45) is 0 Å². The zero-order valence-electron chi connectivity index (χ0n) is 19.0. The Morgan fingerprint density at radius 3 is 2.20 bits per heavy atom. The molecule has 0 bridgehead atoms. The predicted octanol–water partition coefficient (Wildman–Crippen LogP) is 5.67. The predicted molar refractivity (Wildman–Crippen MR) is 139 cm³/mol. The second-order valence-electron chi connectivity index (χ2n) is 8.60. The third-order valence-corrected chi connectivity index (χ3v) is 6.56. The number of hydrogen-bond acceptors (Lipinski definition) is 3. The van der Waals surface area contributed by atoms with Gasteiger partial charge < -0.3 is 10.2 Å². The molecule has 0 radical (unpaired) electrons. The van der Waals surface area contributed by atoms with Crippen molar-refractivity contribution in [1.29, 1.82) is 0 Å². The van der Waals surface area contributed by atoms with Gasteiger partial charge in [0.1, 0.15) is 0 Å². The van der Waals surface area contributed by atoms with Crippen LogP contribution in [0, 0.1) is 0 Å². The summed E-state index contributed by atoms with van der Waals surface area (Å²) in [6.45, 7) is 0.382. The fraction of sp³-hybridized carbons (Fsp3) is 0.0667. The Bertz CT molecular complexity index is 1450. The molecule has 1 N–H and O–H groups in total. The van der Waals surface area contributed by atoms with E-state index < -0.39 is 5.66 Å². The number of anilines is 3. The summed E-state index contributed by atoms with van der Waals surface area (Å²) in [4.78, 5) is 31.7. The van der Waals surface area contributed by atoms with Gasteiger partial charge in [0, 0.05) is 23.5 Å². The molecule has 0 saturated heterocycles. The van der Waals surface area contributed by atoms with E-state index in [1.54, 1.807) is 15.9 Å². The van der Waals surface area contributed by atoms with Crippen LogP contribution in [0.4, 0.5) is 17.1 Å². The van der Waals surface area contributed by atoms with Gasteiger partial charge in [0.2, 0.25) is 5.66 Å². The Morgan fingerprint density at radius 1 is 0.743 bits per heavy atom. The first-order valence-electron chi connectivity index (χ1n) is 11.6. The van der Waals surface area contributed by atoms with Crippen molar-refractivity contribution in [1.82, 2.24) is 0 Å². The minimum absolute atomic E-state index is 0.192. The van der Waals surface area contributed by atoms with Crippen molar-refractivity contribution < 1.29 is 9.59 Å². The monoisotopic (exact) mass is 457 g/mol. The van der Waals surface area contributed by atoms with Crippen LogP contribution < -0.4 is 15.1 Å². The minimum atomic E-state index is -1.38. The number of rotatable bonds is 4. The SMILES string of the molecule is O=C1c2ccccc2N[C@@]2(C(=O)N(C/C=C/c3ccccc3)c3ccccc32)N1c1ccccc1. The van der Waals surface area contributed by atoms with E-state index in [4.69, 9.17) is 0 Å². The van der Waals surface area contributed by atoms with Crippen molar-refractivity contribution in [3.63, 3.8) is 0 Å². The highest BCUT2D eigenvalue weighted by molar-refractivity contribution is 6.22. The van der Waals surface area contributed by atoms with Crippen molar-refractivity contribution in [2.75, 3.05) is 21.7 Å². The fourth-order valence-corrected chi connectivity index (χ4v) is 5.00. The van der Waals surface area contributed by atoms with Gasteiger partial charge in [-0.05, 0) is 35.9 Å². The van der Waals surface area contributed by atoms with Crippen LogP contribution in [0.5, 0.6) is 0 Å². The summed E-state index contributed by atoms with van der Waals surface area (Å²) in [5.74, 6) is -0.404. The third-order valence-electron chi connectivity index (χ3n) is 6.56. The smallest absolute Gasteiger partial charge is 0.279 e. The number of nitrogens with zero attached hydrogens (tertiary/aromatic N) is 2. The first-order valence-corrected chi connectivity index (χ1v) is 11.6. The van der Waals surface area contributed by atoms with Crippen LogP contribution in [-0.4, -0.2) is 18.4 Å². The van der Waals surface area contributed by atoms with E-state index in [0.717, 1.165) is 16.8 Å². The molecule has 2 aliphatic heterocycles. The molecule has 1 atom stereocenters. The van der Waals surface area contributed by atoms with Gasteiger partial charge in [0.15, 0.2) is 0 Å². The molecule has 0 saturated carbocycles. The highest BCUT2D eigenvalue weighted by Gasteiger charge is 2.59. The molecule has 0 fully saturated rings. The van der Waals surface area contributed by atoms with Crippen LogP contribution >= 0.6 is 0 Å². The normalized spacial score (nSPS) is 18.6. The van der Waals surface area contributed by atoms with Crippen molar-refractivity contribution in [3.8, 4) is 0 Å². The Labute approximate surface area is 203 Å². The lowest BCUT2D eigenvalue weighted by Gasteiger charge is -2.45. The van der Waals surface area contributed by atoms with Crippen LogP contribution in [0.3, 0.4) is 0 Å². The van der Waals surface area contributed by atoms with Crippen LogP contribution in [-0.2, 0) is 10.5 Å².